The molecule has 3 nitrogen and oxygen atoms in total. The molecule has 0 saturated carbocycles. The van der Waals surface area contributed by atoms with E-state index in [-0.39, 0.29) is 13.1 Å². The molecule has 0 bridgehead atoms. The number of rotatable bonds is 5. The molecular weight excluding hydrogens is 211 g/mol. The highest BCUT2D eigenvalue weighted by Crippen LogP contribution is 2.19. The SMILES string of the molecule is COC(=O)C(C)CN(C)CCC(F)(F)F. The Morgan fingerprint density at radius 2 is 2.00 bits per heavy atom. The molecule has 0 rings (SSSR count). The zero-order valence-corrected chi connectivity index (χ0v) is 9.10. The number of carbonyl (C=O) groups is 1. The van der Waals surface area contributed by atoms with Gasteiger partial charge >= 0.3 is 12.1 Å². The van der Waals surface area contributed by atoms with Crippen molar-refractivity contribution >= 4 is 5.97 Å². The molecule has 0 aliphatic rings. The van der Waals surface area contributed by atoms with Gasteiger partial charge < -0.3 is 9.64 Å². The summed E-state index contributed by atoms with van der Waals surface area (Å²) in [6.45, 7) is 1.78. The molecule has 0 heterocycles. The van der Waals surface area contributed by atoms with E-state index in [0.717, 1.165) is 0 Å². The lowest BCUT2D eigenvalue weighted by molar-refractivity contribution is -0.146. The second kappa shape index (κ2) is 5.95. The maximum Gasteiger partial charge on any atom is 0.390 e. The van der Waals surface area contributed by atoms with E-state index in [0.29, 0.717) is 0 Å². The molecule has 0 aromatic rings. The van der Waals surface area contributed by atoms with Crippen LogP contribution in [0, 0.1) is 5.92 Å². The van der Waals surface area contributed by atoms with Gasteiger partial charge in [0.15, 0.2) is 0 Å². The van der Waals surface area contributed by atoms with E-state index in [9.17, 15) is 18.0 Å². The molecule has 90 valence electrons. The summed E-state index contributed by atoms with van der Waals surface area (Å²) in [4.78, 5) is 12.4. The van der Waals surface area contributed by atoms with Gasteiger partial charge in [-0.05, 0) is 7.05 Å². The first-order chi connectivity index (χ1) is 6.76. The van der Waals surface area contributed by atoms with Gasteiger partial charge in [0.25, 0.3) is 0 Å². The average Bonchev–Trinajstić information content (AvgIpc) is 2.12. The maximum absolute atomic E-state index is 11.9. The monoisotopic (exact) mass is 227 g/mol. The molecule has 0 saturated heterocycles. The fraction of sp³-hybridized carbons (Fsp3) is 0.889. The summed E-state index contributed by atoms with van der Waals surface area (Å²) in [6.07, 6.45) is -5.01. The number of nitrogens with zero attached hydrogens (tertiary/aromatic N) is 1. The van der Waals surface area contributed by atoms with Crippen molar-refractivity contribution in [2.45, 2.75) is 19.5 Å². The highest BCUT2D eigenvalue weighted by atomic mass is 19.4. The Labute approximate surface area is 87.2 Å². The number of ether oxygens (including phenoxy) is 1. The summed E-state index contributed by atoms with van der Waals surface area (Å²) in [6, 6.07) is 0. The number of carbonyl (C=O) groups excluding carboxylic acids is 1. The number of alkyl halides is 3. The lowest BCUT2D eigenvalue weighted by Gasteiger charge is -2.20. The first-order valence-electron chi connectivity index (χ1n) is 4.59. The normalized spacial score (nSPS) is 14.1. The standard InChI is InChI=1S/C9H16F3NO2/c1-7(8(14)15-3)6-13(2)5-4-9(10,11)12/h7H,4-6H2,1-3H3. The lowest BCUT2D eigenvalue weighted by Crippen LogP contribution is -2.32. The van der Waals surface area contributed by atoms with Crippen LogP contribution in [0.5, 0.6) is 0 Å². The first kappa shape index (κ1) is 14.2. The minimum Gasteiger partial charge on any atom is -0.469 e. The molecule has 0 N–H and O–H groups in total. The second-order valence-electron chi connectivity index (χ2n) is 3.55. The van der Waals surface area contributed by atoms with Gasteiger partial charge in [0.2, 0.25) is 0 Å². The molecule has 0 amide bonds. The lowest BCUT2D eigenvalue weighted by atomic mass is 10.1. The molecule has 1 atom stereocenters. The van der Waals surface area contributed by atoms with Crippen LogP contribution in [-0.4, -0.2) is 44.3 Å². The zero-order chi connectivity index (χ0) is 12.1. The molecule has 0 radical (unpaired) electrons. The Kier molecular flexibility index (Phi) is 5.64. The Morgan fingerprint density at radius 1 is 1.47 bits per heavy atom. The Bertz CT molecular complexity index is 206. The van der Waals surface area contributed by atoms with E-state index >= 15 is 0 Å². The third kappa shape index (κ3) is 7.18. The summed E-state index contributed by atoms with van der Waals surface area (Å²) in [7, 11) is 2.81. The number of hydrogen-bond acceptors (Lipinski definition) is 3. The Hall–Kier alpha value is -0.780. The van der Waals surface area contributed by atoms with Crippen LogP contribution in [0.4, 0.5) is 13.2 Å². The van der Waals surface area contributed by atoms with Gasteiger partial charge in [0.1, 0.15) is 0 Å². The van der Waals surface area contributed by atoms with E-state index in [1.54, 1.807) is 14.0 Å². The summed E-state index contributed by atoms with van der Waals surface area (Å²) < 4.78 is 40.1. The maximum atomic E-state index is 11.9. The smallest absolute Gasteiger partial charge is 0.390 e. The fourth-order valence-corrected chi connectivity index (χ4v) is 1.15. The number of methoxy groups -OCH3 is 1. The molecule has 1 unspecified atom stereocenters. The van der Waals surface area contributed by atoms with Crippen molar-refractivity contribution in [2.24, 2.45) is 5.92 Å². The van der Waals surface area contributed by atoms with Gasteiger partial charge in [-0.2, -0.15) is 13.2 Å². The van der Waals surface area contributed by atoms with Crippen LogP contribution >= 0.6 is 0 Å². The zero-order valence-electron chi connectivity index (χ0n) is 9.10. The number of esters is 1. The van der Waals surface area contributed by atoms with Crippen LogP contribution in [0.15, 0.2) is 0 Å². The molecule has 6 heteroatoms. The molecule has 0 aromatic heterocycles. The van der Waals surface area contributed by atoms with E-state index in [2.05, 4.69) is 4.74 Å². The summed E-state index contributed by atoms with van der Waals surface area (Å²) in [5, 5.41) is 0. The fourth-order valence-electron chi connectivity index (χ4n) is 1.15. The first-order valence-corrected chi connectivity index (χ1v) is 4.59. The van der Waals surface area contributed by atoms with Gasteiger partial charge in [-0.3, -0.25) is 4.79 Å². The largest absolute Gasteiger partial charge is 0.469 e. The van der Waals surface area contributed by atoms with E-state index in [1.165, 1.54) is 12.0 Å². The van der Waals surface area contributed by atoms with Crippen molar-refractivity contribution in [1.29, 1.82) is 0 Å². The van der Waals surface area contributed by atoms with Crippen LogP contribution in [0.3, 0.4) is 0 Å². The highest BCUT2D eigenvalue weighted by Gasteiger charge is 2.27. The topological polar surface area (TPSA) is 29.5 Å². The van der Waals surface area contributed by atoms with Gasteiger partial charge in [0, 0.05) is 13.1 Å². The van der Waals surface area contributed by atoms with Crippen LogP contribution in [0.25, 0.3) is 0 Å². The van der Waals surface area contributed by atoms with Crippen molar-refractivity contribution < 1.29 is 22.7 Å². The van der Waals surface area contributed by atoms with Crippen LogP contribution in [-0.2, 0) is 9.53 Å². The number of hydrogen-bond donors (Lipinski definition) is 0. The molecule has 0 aliphatic heterocycles. The van der Waals surface area contributed by atoms with E-state index < -0.39 is 24.5 Å². The van der Waals surface area contributed by atoms with Crippen LogP contribution in [0.1, 0.15) is 13.3 Å². The summed E-state index contributed by atoms with van der Waals surface area (Å²) in [5.41, 5.74) is 0. The quantitative estimate of drug-likeness (QED) is 0.669. The Balaban J connectivity index is 3.83. The van der Waals surface area contributed by atoms with E-state index in [4.69, 9.17) is 0 Å². The second-order valence-corrected chi connectivity index (χ2v) is 3.55. The van der Waals surface area contributed by atoms with Gasteiger partial charge in [-0.15, -0.1) is 0 Å². The summed E-state index contributed by atoms with van der Waals surface area (Å²) >= 11 is 0. The molecule has 0 spiro atoms. The van der Waals surface area contributed by atoms with Gasteiger partial charge in [-0.1, -0.05) is 6.92 Å². The van der Waals surface area contributed by atoms with Crippen molar-refractivity contribution in [3.05, 3.63) is 0 Å². The van der Waals surface area contributed by atoms with Gasteiger partial charge in [-0.25, -0.2) is 0 Å². The minimum atomic E-state index is -4.15. The van der Waals surface area contributed by atoms with Crippen molar-refractivity contribution in [3.63, 3.8) is 0 Å². The molecule has 0 fully saturated rings. The molecule has 15 heavy (non-hydrogen) atoms. The minimum absolute atomic E-state index is 0.106. The molecule has 0 aromatic carbocycles. The number of halogens is 3. The van der Waals surface area contributed by atoms with Crippen molar-refractivity contribution in [1.82, 2.24) is 4.90 Å². The molecule has 0 aliphatic carbocycles. The third-order valence-electron chi connectivity index (χ3n) is 1.97. The highest BCUT2D eigenvalue weighted by molar-refractivity contribution is 5.71. The average molecular weight is 227 g/mol. The van der Waals surface area contributed by atoms with E-state index in [1.807, 2.05) is 0 Å². The van der Waals surface area contributed by atoms with Gasteiger partial charge in [0.05, 0.1) is 19.4 Å². The van der Waals surface area contributed by atoms with Crippen molar-refractivity contribution in [3.8, 4) is 0 Å². The van der Waals surface area contributed by atoms with Crippen LogP contribution in [0.2, 0.25) is 0 Å². The predicted molar refractivity (Wildman–Crippen MR) is 49.3 cm³/mol. The third-order valence-corrected chi connectivity index (χ3v) is 1.97. The Morgan fingerprint density at radius 3 is 2.40 bits per heavy atom. The van der Waals surface area contributed by atoms with Crippen LogP contribution < -0.4 is 0 Å². The predicted octanol–water partition coefficient (Wildman–Crippen LogP) is 1.68. The molecular formula is C9H16F3NO2. The summed E-state index contributed by atoms with van der Waals surface area (Å²) in [5.74, 6) is -0.818. The van der Waals surface area contributed by atoms with Crippen molar-refractivity contribution in [2.75, 3.05) is 27.2 Å².